The van der Waals surface area contributed by atoms with Crippen LogP contribution >= 0.6 is 0 Å². The van der Waals surface area contributed by atoms with E-state index in [0.29, 0.717) is 16.3 Å². The Balaban J connectivity index is 2.14. The minimum atomic E-state index is -4.04. The van der Waals surface area contributed by atoms with Gasteiger partial charge in [-0.05, 0) is 44.2 Å². The predicted molar refractivity (Wildman–Crippen MR) is 120 cm³/mol. The van der Waals surface area contributed by atoms with E-state index in [0.717, 1.165) is 5.56 Å². The number of para-hydroxylation sites is 1. The Hall–Kier alpha value is -3.65. The summed E-state index contributed by atoms with van der Waals surface area (Å²) in [6.07, 6.45) is 0. The second-order valence-corrected chi connectivity index (χ2v) is 9.07. The summed E-state index contributed by atoms with van der Waals surface area (Å²) in [5.41, 5.74) is 1.62. The number of hydrogen-bond donors (Lipinski definition) is 0. The van der Waals surface area contributed by atoms with Gasteiger partial charge in [-0.15, -0.1) is 0 Å². The van der Waals surface area contributed by atoms with Crippen molar-refractivity contribution in [2.75, 3.05) is 6.61 Å². The summed E-state index contributed by atoms with van der Waals surface area (Å²) >= 11 is 0. The lowest BCUT2D eigenvalue weighted by molar-refractivity contribution is -0.131. The predicted octanol–water partition coefficient (Wildman–Crippen LogP) is 4.44. The molecule has 0 fully saturated rings. The first-order chi connectivity index (χ1) is 15.2. The van der Waals surface area contributed by atoms with Crippen LogP contribution in [0.2, 0.25) is 0 Å². The molecule has 7 nitrogen and oxygen atoms in total. The van der Waals surface area contributed by atoms with Gasteiger partial charge in [0.25, 0.3) is 10.0 Å². The molecule has 0 amide bonds. The first-order valence-electron chi connectivity index (χ1n) is 9.99. The molecule has 0 unspecified atom stereocenters. The molecule has 0 atom stereocenters. The number of carbonyl (C=O) groups is 2. The average molecular weight is 452 g/mol. The van der Waals surface area contributed by atoms with Gasteiger partial charge >= 0.3 is 11.9 Å². The summed E-state index contributed by atoms with van der Waals surface area (Å²) in [5.74, 6) is -1.15. The maximum atomic E-state index is 13.7. The highest BCUT2D eigenvalue weighted by atomic mass is 32.2. The van der Waals surface area contributed by atoms with Crippen LogP contribution in [-0.4, -0.2) is 30.9 Å². The second kappa shape index (κ2) is 8.12. The van der Waals surface area contributed by atoms with Gasteiger partial charge in [-0.1, -0.05) is 35.9 Å². The fraction of sp³-hybridized carbons (Fsp3) is 0.167. The molecule has 0 N–H and O–H groups in total. The monoisotopic (exact) mass is 451 g/mol. The molecule has 0 spiro atoms. The van der Waals surface area contributed by atoms with E-state index in [1.165, 1.54) is 35.2 Å². The minimum Gasteiger partial charge on any atom is -0.462 e. The number of aryl methyl sites for hydroxylation is 1. The van der Waals surface area contributed by atoms with Crippen LogP contribution in [-0.2, 0) is 19.6 Å². The molecule has 32 heavy (non-hydrogen) atoms. The van der Waals surface area contributed by atoms with E-state index in [2.05, 4.69) is 0 Å². The van der Waals surface area contributed by atoms with Crippen LogP contribution in [0.3, 0.4) is 0 Å². The fourth-order valence-electron chi connectivity index (χ4n) is 3.67. The van der Waals surface area contributed by atoms with Gasteiger partial charge in [-0.3, -0.25) is 4.79 Å². The quantitative estimate of drug-likeness (QED) is 0.329. The summed E-state index contributed by atoms with van der Waals surface area (Å²) in [4.78, 5) is 24.4. The van der Waals surface area contributed by atoms with Crippen molar-refractivity contribution in [3.63, 3.8) is 0 Å². The molecule has 3 aromatic carbocycles. The van der Waals surface area contributed by atoms with E-state index in [1.54, 1.807) is 43.3 Å². The Labute approximate surface area is 185 Å². The lowest BCUT2D eigenvalue weighted by Crippen LogP contribution is -2.13. The summed E-state index contributed by atoms with van der Waals surface area (Å²) < 4.78 is 39.1. The lowest BCUT2D eigenvalue weighted by atomic mass is 10.1. The zero-order valence-electron chi connectivity index (χ0n) is 17.8. The SMILES string of the molecule is CCOC(=O)c1cc(OC(C)=O)c2c3ccccc3n(S(=O)(=O)c3ccc(C)cc3)c2c1. The number of nitrogens with zero attached hydrogens (tertiary/aromatic N) is 1. The molecule has 0 bridgehead atoms. The van der Waals surface area contributed by atoms with E-state index < -0.39 is 22.0 Å². The first kappa shape index (κ1) is 21.6. The van der Waals surface area contributed by atoms with Gasteiger partial charge in [0.05, 0.1) is 33.5 Å². The van der Waals surface area contributed by atoms with Crippen LogP contribution in [0.1, 0.15) is 29.8 Å². The highest BCUT2D eigenvalue weighted by Gasteiger charge is 2.27. The topological polar surface area (TPSA) is 91.7 Å². The van der Waals surface area contributed by atoms with Crippen molar-refractivity contribution < 1.29 is 27.5 Å². The van der Waals surface area contributed by atoms with Crippen molar-refractivity contribution in [1.82, 2.24) is 3.97 Å². The van der Waals surface area contributed by atoms with Crippen molar-refractivity contribution in [1.29, 1.82) is 0 Å². The molecule has 0 radical (unpaired) electrons. The number of fused-ring (bicyclic) bond motifs is 3. The van der Waals surface area contributed by atoms with Crippen LogP contribution in [0.4, 0.5) is 0 Å². The molecule has 0 aliphatic rings. The average Bonchev–Trinajstić information content (AvgIpc) is 3.09. The number of ether oxygens (including phenoxy) is 2. The van der Waals surface area contributed by atoms with Gasteiger partial charge in [-0.25, -0.2) is 17.2 Å². The van der Waals surface area contributed by atoms with E-state index in [9.17, 15) is 18.0 Å². The van der Waals surface area contributed by atoms with Crippen molar-refractivity contribution in [3.05, 3.63) is 71.8 Å². The lowest BCUT2D eigenvalue weighted by Gasteiger charge is -2.11. The van der Waals surface area contributed by atoms with Crippen LogP contribution in [0, 0.1) is 6.92 Å². The van der Waals surface area contributed by atoms with Crippen LogP contribution in [0.15, 0.2) is 65.6 Å². The smallest absolute Gasteiger partial charge is 0.338 e. The third-order valence-electron chi connectivity index (χ3n) is 5.02. The van der Waals surface area contributed by atoms with E-state index in [-0.39, 0.29) is 28.3 Å². The molecule has 0 saturated heterocycles. The molecule has 0 aliphatic carbocycles. The zero-order chi connectivity index (χ0) is 23.0. The Bertz CT molecular complexity index is 1470. The molecule has 4 rings (SSSR count). The largest absolute Gasteiger partial charge is 0.462 e. The number of esters is 2. The molecule has 164 valence electrons. The zero-order valence-corrected chi connectivity index (χ0v) is 18.6. The molecule has 8 heteroatoms. The molecule has 4 aromatic rings. The Morgan fingerprint density at radius 2 is 1.66 bits per heavy atom. The third-order valence-corrected chi connectivity index (χ3v) is 6.76. The highest BCUT2D eigenvalue weighted by molar-refractivity contribution is 7.90. The number of rotatable bonds is 5. The van der Waals surface area contributed by atoms with Gasteiger partial charge in [0, 0.05) is 12.3 Å². The minimum absolute atomic E-state index is 0.0822. The number of hydrogen-bond acceptors (Lipinski definition) is 6. The Kier molecular flexibility index (Phi) is 5.48. The standard InChI is InChI=1S/C24H21NO6S/c1-4-30-24(27)17-13-21-23(22(14-17)31-16(3)26)19-7-5-6-8-20(19)25(21)32(28,29)18-11-9-15(2)10-12-18/h5-14H,4H2,1-3H3. The molecular weight excluding hydrogens is 430 g/mol. The van der Waals surface area contributed by atoms with Crippen LogP contribution < -0.4 is 4.74 Å². The number of carbonyl (C=O) groups excluding carboxylic acids is 2. The summed E-state index contributed by atoms with van der Waals surface area (Å²) in [6.45, 7) is 4.92. The van der Waals surface area contributed by atoms with E-state index >= 15 is 0 Å². The maximum absolute atomic E-state index is 13.7. The summed E-state index contributed by atoms with van der Waals surface area (Å²) in [5, 5.41) is 0.990. The maximum Gasteiger partial charge on any atom is 0.338 e. The highest BCUT2D eigenvalue weighted by Crippen LogP contribution is 2.39. The van der Waals surface area contributed by atoms with Crippen LogP contribution in [0.5, 0.6) is 5.75 Å². The van der Waals surface area contributed by atoms with Crippen molar-refractivity contribution in [2.45, 2.75) is 25.7 Å². The van der Waals surface area contributed by atoms with Crippen molar-refractivity contribution in [3.8, 4) is 5.75 Å². The molecule has 0 aliphatic heterocycles. The molecular formula is C24H21NO6S. The van der Waals surface area contributed by atoms with Gasteiger partial charge < -0.3 is 9.47 Å². The first-order valence-corrected chi connectivity index (χ1v) is 11.4. The van der Waals surface area contributed by atoms with Crippen molar-refractivity contribution in [2.24, 2.45) is 0 Å². The van der Waals surface area contributed by atoms with Gasteiger partial charge in [0.15, 0.2) is 0 Å². The van der Waals surface area contributed by atoms with Gasteiger partial charge in [0.2, 0.25) is 0 Å². The number of benzene rings is 3. The van der Waals surface area contributed by atoms with Crippen LogP contribution in [0.25, 0.3) is 21.8 Å². The Morgan fingerprint density at radius 1 is 0.969 bits per heavy atom. The third kappa shape index (κ3) is 3.62. The molecule has 1 heterocycles. The van der Waals surface area contributed by atoms with Gasteiger partial charge in [-0.2, -0.15) is 0 Å². The Morgan fingerprint density at radius 3 is 2.31 bits per heavy atom. The normalized spacial score (nSPS) is 11.6. The van der Waals surface area contributed by atoms with Gasteiger partial charge in [0.1, 0.15) is 5.75 Å². The van der Waals surface area contributed by atoms with Crippen molar-refractivity contribution >= 4 is 43.8 Å². The fourth-order valence-corrected chi connectivity index (χ4v) is 5.18. The molecule has 1 aromatic heterocycles. The van der Waals surface area contributed by atoms with E-state index in [4.69, 9.17) is 9.47 Å². The molecule has 0 saturated carbocycles. The summed E-state index contributed by atoms with van der Waals surface area (Å²) in [6, 6.07) is 16.3. The van der Waals surface area contributed by atoms with E-state index in [1.807, 2.05) is 6.92 Å². The number of aromatic nitrogens is 1. The summed E-state index contributed by atoms with van der Waals surface area (Å²) in [7, 11) is -4.04. The second-order valence-electron chi connectivity index (χ2n) is 7.28.